The molecule has 0 radical (unpaired) electrons. The molecule has 2 aromatic rings. The van der Waals surface area contributed by atoms with E-state index in [9.17, 15) is 0 Å². The van der Waals surface area contributed by atoms with Crippen LogP contribution < -0.4 is 14.2 Å². The molecule has 1 heterocycles. The third-order valence-electron chi connectivity index (χ3n) is 2.78. The molecule has 1 aromatic carbocycles. The average Bonchev–Trinajstić information content (AvgIpc) is 2.55. The molecule has 118 valence electrons. The number of rotatable bonds is 8. The van der Waals surface area contributed by atoms with E-state index in [1.54, 1.807) is 31.4 Å². The molecule has 0 spiro atoms. The molecule has 0 aliphatic carbocycles. The summed E-state index contributed by atoms with van der Waals surface area (Å²) in [6.07, 6.45) is -0.0809. The fourth-order valence-electron chi connectivity index (χ4n) is 1.71. The first-order valence-corrected chi connectivity index (χ1v) is 7.11. The minimum Gasteiger partial charge on any atom is -0.497 e. The molecule has 6 nitrogen and oxygen atoms in total. The highest BCUT2D eigenvalue weighted by Crippen LogP contribution is 2.22. The lowest BCUT2D eigenvalue weighted by Gasteiger charge is -2.13. The monoisotopic (exact) mass is 304 g/mol. The maximum Gasteiger partial charge on any atom is 0.239 e. The van der Waals surface area contributed by atoms with Gasteiger partial charge in [-0.05, 0) is 38.1 Å². The van der Waals surface area contributed by atoms with Gasteiger partial charge in [0.15, 0.2) is 0 Å². The summed E-state index contributed by atoms with van der Waals surface area (Å²) < 4.78 is 21.5. The van der Waals surface area contributed by atoms with E-state index in [2.05, 4.69) is 10.2 Å². The molecular formula is C16H20N2O4. The molecule has 0 N–H and O–H groups in total. The second-order valence-corrected chi connectivity index (χ2v) is 4.58. The van der Waals surface area contributed by atoms with Gasteiger partial charge < -0.3 is 18.9 Å². The maximum absolute atomic E-state index is 5.59. The zero-order chi connectivity index (χ0) is 15.8. The molecule has 1 aromatic heterocycles. The Morgan fingerprint density at radius 2 is 1.59 bits per heavy atom. The van der Waals surface area contributed by atoms with Crippen LogP contribution in [-0.4, -0.2) is 36.6 Å². The van der Waals surface area contributed by atoms with Gasteiger partial charge in [0, 0.05) is 18.7 Å². The Morgan fingerprint density at radius 1 is 0.955 bits per heavy atom. The minimum absolute atomic E-state index is 0.0809. The summed E-state index contributed by atoms with van der Waals surface area (Å²) in [6.45, 7) is 5.03. The normalized spacial score (nSPS) is 11.8. The minimum atomic E-state index is -0.0809. The summed E-state index contributed by atoms with van der Waals surface area (Å²) in [5.41, 5.74) is 0. The van der Waals surface area contributed by atoms with Crippen LogP contribution in [0.1, 0.15) is 13.8 Å². The van der Waals surface area contributed by atoms with E-state index in [1.807, 2.05) is 26.0 Å². The van der Waals surface area contributed by atoms with Crippen LogP contribution in [-0.2, 0) is 4.74 Å². The maximum atomic E-state index is 5.59. The van der Waals surface area contributed by atoms with E-state index in [-0.39, 0.29) is 6.10 Å². The number of hydrogen-bond donors (Lipinski definition) is 0. The first-order chi connectivity index (χ1) is 10.7. The van der Waals surface area contributed by atoms with Crippen LogP contribution in [0.4, 0.5) is 0 Å². The molecule has 0 amide bonds. The van der Waals surface area contributed by atoms with Crippen molar-refractivity contribution in [2.45, 2.75) is 20.0 Å². The van der Waals surface area contributed by atoms with Crippen LogP contribution in [0.3, 0.4) is 0 Å². The molecule has 1 unspecified atom stereocenters. The fourth-order valence-corrected chi connectivity index (χ4v) is 1.71. The highest BCUT2D eigenvalue weighted by molar-refractivity contribution is 5.33. The van der Waals surface area contributed by atoms with Gasteiger partial charge in [0.1, 0.15) is 17.6 Å². The van der Waals surface area contributed by atoms with Crippen LogP contribution >= 0.6 is 0 Å². The smallest absolute Gasteiger partial charge is 0.239 e. The van der Waals surface area contributed by atoms with Crippen molar-refractivity contribution in [1.29, 1.82) is 0 Å². The number of aromatic nitrogens is 2. The SMILES string of the molecule is CCOCC(C)Oc1ccc(Oc2ccc(OC)cc2)nn1. The van der Waals surface area contributed by atoms with Gasteiger partial charge >= 0.3 is 0 Å². The average molecular weight is 304 g/mol. The van der Waals surface area contributed by atoms with Crippen LogP contribution in [0.25, 0.3) is 0 Å². The number of benzene rings is 1. The van der Waals surface area contributed by atoms with Gasteiger partial charge in [0.2, 0.25) is 11.8 Å². The summed E-state index contributed by atoms with van der Waals surface area (Å²) >= 11 is 0. The largest absolute Gasteiger partial charge is 0.497 e. The highest BCUT2D eigenvalue weighted by Gasteiger charge is 2.06. The molecule has 22 heavy (non-hydrogen) atoms. The Labute approximate surface area is 130 Å². The van der Waals surface area contributed by atoms with E-state index in [4.69, 9.17) is 18.9 Å². The molecule has 0 saturated heterocycles. The Hall–Kier alpha value is -2.34. The van der Waals surface area contributed by atoms with Crippen LogP contribution in [0.15, 0.2) is 36.4 Å². The van der Waals surface area contributed by atoms with E-state index in [0.717, 1.165) is 5.75 Å². The topological polar surface area (TPSA) is 62.7 Å². The molecule has 0 bridgehead atoms. The Kier molecular flexibility index (Phi) is 5.97. The zero-order valence-corrected chi connectivity index (χ0v) is 13.0. The summed E-state index contributed by atoms with van der Waals surface area (Å²) in [4.78, 5) is 0. The predicted molar refractivity (Wildman–Crippen MR) is 81.7 cm³/mol. The van der Waals surface area contributed by atoms with Crippen molar-refractivity contribution >= 4 is 0 Å². The molecule has 1 atom stereocenters. The zero-order valence-electron chi connectivity index (χ0n) is 13.0. The first-order valence-electron chi connectivity index (χ1n) is 7.11. The lowest BCUT2D eigenvalue weighted by molar-refractivity contribution is 0.0627. The Bertz CT molecular complexity index is 557. The van der Waals surface area contributed by atoms with Crippen LogP contribution in [0.5, 0.6) is 23.3 Å². The summed E-state index contributed by atoms with van der Waals surface area (Å²) in [5, 5.41) is 7.96. The van der Waals surface area contributed by atoms with E-state index < -0.39 is 0 Å². The van der Waals surface area contributed by atoms with E-state index in [0.29, 0.717) is 30.7 Å². The van der Waals surface area contributed by atoms with Gasteiger partial charge in [-0.3, -0.25) is 0 Å². The summed E-state index contributed by atoms with van der Waals surface area (Å²) in [7, 11) is 1.62. The van der Waals surface area contributed by atoms with E-state index in [1.165, 1.54) is 0 Å². The van der Waals surface area contributed by atoms with Gasteiger partial charge in [-0.1, -0.05) is 0 Å². The van der Waals surface area contributed by atoms with Gasteiger partial charge in [0.25, 0.3) is 0 Å². The molecule has 6 heteroatoms. The van der Waals surface area contributed by atoms with Crippen LogP contribution in [0.2, 0.25) is 0 Å². The summed E-state index contributed by atoms with van der Waals surface area (Å²) in [5.74, 6) is 2.27. The number of hydrogen-bond acceptors (Lipinski definition) is 6. The van der Waals surface area contributed by atoms with Crippen molar-refractivity contribution < 1.29 is 18.9 Å². The van der Waals surface area contributed by atoms with Crippen molar-refractivity contribution in [3.63, 3.8) is 0 Å². The van der Waals surface area contributed by atoms with Gasteiger partial charge in [-0.25, -0.2) is 0 Å². The number of nitrogens with zero attached hydrogens (tertiary/aromatic N) is 2. The van der Waals surface area contributed by atoms with E-state index >= 15 is 0 Å². The third kappa shape index (κ3) is 4.89. The first kappa shape index (κ1) is 16.0. The van der Waals surface area contributed by atoms with Gasteiger partial charge in [0.05, 0.1) is 13.7 Å². The molecular weight excluding hydrogens is 284 g/mol. The molecule has 0 aliphatic heterocycles. The van der Waals surface area contributed by atoms with Crippen molar-refractivity contribution in [1.82, 2.24) is 10.2 Å². The predicted octanol–water partition coefficient (Wildman–Crippen LogP) is 3.08. The quantitative estimate of drug-likeness (QED) is 0.747. The third-order valence-corrected chi connectivity index (χ3v) is 2.78. The van der Waals surface area contributed by atoms with Crippen LogP contribution in [0, 0.1) is 0 Å². The van der Waals surface area contributed by atoms with Crippen molar-refractivity contribution in [3.05, 3.63) is 36.4 Å². The fraction of sp³-hybridized carbons (Fsp3) is 0.375. The van der Waals surface area contributed by atoms with Crippen molar-refractivity contribution in [3.8, 4) is 23.3 Å². The summed E-state index contributed by atoms with van der Waals surface area (Å²) in [6, 6.07) is 10.7. The van der Waals surface area contributed by atoms with Crippen molar-refractivity contribution in [2.24, 2.45) is 0 Å². The number of ether oxygens (including phenoxy) is 4. The highest BCUT2D eigenvalue weighted by atomic mass is 16.5. The van der Waals surface area contributed by atoms with Crippen molar-refractivity contribution in [2.75, 3.05) is 20.3 Å². The van der Waals surface area contributed by atoms with Gasteiger partial charge in [-0.2, -0.15) is 0 Å². The molecule has 0 aliphatic rings. The lowest BCUT2D eigenvalue weighted by atomic mass is 10.3. The molecule has 0 fully saturated rings. The second-order valence-electron chi connectivity index (χ2n) is 4.58. The Balaban J connectivity index is 1.90. The standard InChI is InChI=1S/C16H20N2O4/c1-4-20-11-12(2)21-15-9-10-16(18-17-15)22-14-7-5-13(19-3)6-8-14/h5-10,12H,4,11H2,1-3H3. The molecule has 0 saturated carbocycles. The molecule has 2 rings (SSSR count). The number of methoxy groups -OCH3 is 1. The lowest BCUT2D eigenvalue weighted by Crippen LogP contribution is -2.19. The Morgan fingerprint density at radius 3 is 2.18 bits per heavy atom. The second kappa shape index (κ2) is 8.19. The van der Waals surface area contributed by atoms with Gasteiger partial charge in [-0.15, -0.1) is 10.2 Å².